The van der Waals surface area contributed by atoms with Gasteiger partial charge in [0.15, 0.2) is 15.8 Å². The molecule has 0 unspecified atom stereocenters. The van der Waals surface area contributed by atoms with E-state index in [0.717, 1.165) is 11.1 Å². The number of methoxy groups -OCH3 is 2. The molecule has 0 bridgehead atoms. The van der Waals surface area contributed by atoms with Gasteiger partial charge in [-0.15, -0.1) is 0 Å². The zero-order valence-electron chi connectivity index (χ0n) is 14.4. The number of hydrogen-bond acceptors (Lipinski definition) is 6. The molecule has 3 rings (SSSR count). The van der Waals surface area contributed by atoms with Gasteiger partial charge in [-0.3, -0.25) is 4.79 Å². The maximum absolute atomic E-state index is 12.6. The fourth-order valence-electron chi connectivity index (χ4n) is 2.46. The van der Waals surface area contributed by atoms with Crippen LogP contribution >= 0.6 is 24.0 Å². The second kappa shape index (κ2) is 8.35. The predicted molar refractivity (Wildman–Crippen MR) is 108 cm³/mol. The number of nitrogens with zero attached hydrogens (tertiary/aromatic N) is 1. The van der Waals surface area contributed by atoms with E-state index in [1.54, 1.807) is 26.4 Å². The van der Waals surface area contributed by atoms with E-state index in [4.69, 9.17) is 21.7 Å². The number of amides is 1. The number of hydrazine groups is 1. The molecular weight excluding hydrogens is 368 g/mol. The van der Waals surface area contributed by atoms with Gasteiger partial charge in [0, 0.05) is 6.54 Å². The Morgan fingerprint density at radius 3 is 2.54 bits per heavy atom. The molecule has 0 saturated carbocycles. The Hall–Kier alpha value is -2.35. The van der Waals surface area contributed by atoms with Crippen LogP contribution in [0.15, 0.2) is 53.4 Å². The van der Waals surface area contributed by atoms with Gasteiger partial charge in [-0.2, -0.15) is 0 Å². The minimum atomic E-state index is -0.161. The zero-order chi connectivity index (χ0) is 18.5. The number of nitrogens with one attached hydrogen (secondary N) is 1. The number of thiocarbonyl (C=S) groups is 1. The normalized spacial score (nSPS) is 15.6. The Balaban J connectivity index is 1.74. The van der Waals surface area contributed by atoms with Crippen LogP contribution in [-0.2, 0) is 11.3 Å². The highest BCUT2D eigenvalue weighted by Crippen LogP contribution is 2.33. The number of rotatable bonds is 6. The van der Waals surface area contributed by atoms with Gasteiger partial charge in [-0.1, -0.05) is 60.4 Å². The minimum Gasteiger partial charge on any atom is -0.493 e. The number of ether oxygens (including phenoxy) is 2. The maximum Gasteiger partial charge on any atom is 0.280 e. The molecule has 0 radical (unpaired) electrons. The lowest BCUT2D eigenvalue weighted by atomic mass is 10.2. The molecule has 2 aromatic carbocycles. The van der Waals surface area contributed by atoms with E-state index in [-0.39, 0.29) is 5.91 Å². The summed E-state index contributed by atoms with van der Waals surface area (Å²) in [6, 6.07) is 15.3. The van der Waals surface area contributed by atoms with Crippen LogP contribution in [0.2, 0.25) is 0 Å². The van der Waals surface area contributed by atoms with Gasteiger partial charge in [0.05, 0.1) is 19.1 Å². The van der Waals surface area contributed by atoms with Gasteiger partial charge in [0.1, 0.15) is 0 Å². The third kappa shape index (κ3) is 4.07. The fraction of sp³-hybridized carbons (Fsp3) is 0.158. The summed E-state index contributed by atoms with van der Waals surface area (Å²) in [6.45, 7) is 0.525. The molecule has 1 aliphatic rings. The number of carbonyl (C=O) groups is 1. The van der Waals surface area contributed by atoms with Crippen LogP contribution in [0.25, 0.3) is 6.08 Å². The summed E-state index contributed by atoms with van der Waals surface area (Å²) in [7, 11) is 3.16. The van der Waals surface area contributed by atoms with Crippen molar-refractivity contribution in [2.24, 2.45) is 0 Å². The highest BCUT2D eigenvalue weighted by molar-refractivity contribution is 8.26. The molecule has 1 fully saturated rings. The van der Waals surface area contributed by atoms with Crippen molar-refractivity contribution in [3.8, 4) is 11.5 Å². The smallest absolute Gasteiger partial charge is 0.280 e. The van der Waals surface area contributed by atoms with Gasteiger partial charge < -0.3 is 9.47 Å². The molecule has 1 saturated heterocycles. The maximum atomic E-state index is 12.6. The number of carbonyl (C=O) groups excluding carboxylic acids is 1. The van der Waals surface area contributed by atoms with Crippen molar-refractivity contribution in [1.82, 2.24) is 10.4 Å². The van der Waals surface area contributed by atoms with Crippen molar-refractivity contribution in [3.63, 3.8) is 0 Å². The van der Waals surface area contributed by atoms with Crippen LogP contribution in [-0.4, -0.2) is 29.5 Å². The topological polar surface area (TPSA) is 50.8 Å². The average molecular weight is 386 g/mol. The second-order valence-corrected chi connectivity index (χ2v) is 7.13. The third-order valence-electron chi connectivity index (χ3n) is 3.78. The van der Waals surface area contributed by atoms with E-state index in [9.17, 15) is 4.79 Å². The lowest BCUT2D eigenvalue weighted by Crippen LogP contribution is -2.40. The largest absolute Gasteiger partial charge is 0.493 e. The summed E-state index contributed by atoms with van der Waals surface area (Å²) in [5.74, 6) is 1.09. The van der Waals surface area contributed by atoms with Crippen molar-refractivity contribution in [2.45, 2.75) is 6.54 Å². The molecular formula is C19H18N2O3S2. The number of benzene rings is 2. The Bertz CT molecular complexity index is 853. The van der Waals surface area contributed by atoms with Crippen LogP contribution in [0.4, 0.5) is 0 Å². The molecule has 0 aromatic heterocycles. The van der Waals surface area contributed by atoms with Gasteiger partial charge in [-0.05, 0) is 29.3 Å². The third-order valence-corrected chi connectivity index (χ3v) is 5.09. The first-order valence-corrected chi connectivity index (χ1v) is 9.12. The first-order chi connectivity index (χ1) is 12.6. The van der Waals surface area contributed by atoms with Crippen molar-refractivity contribution in [1.29, 1.82) is 0 Å². The second-order valence-electron chi connectivity index (χ2n) is 5.45. The van der Waals surface area contributed by atoms with E-state index in [2.05, 4.69) is 5.43 Å². The first-order valence-electron chi connectivity index (χ1n) is 7.90. The van der Waals surface area contributed by atoms with Crippen molar-refractivity contribution >= 4 is 40.3 Å². The lowest BCUT2D eigenvalue weighted by molar-refractivity contribution is -0.124. The van der Waals surface area contributed by atoms with E-state index in [1.807, 2.05) is 42.5 Å². The molecule has 2 aromatic rings. The van der Waals surface area contributed by atoms with E-state index >= 15 is 0 Å². The van der Waals surface area contributed by atoms with Crippen molar-refractivity contribution < 1.29 is 14.3 Å². The Labute approximate surface area is 161 Å². The molecule has 0 aliphatic carbocycles. The SMILES string of the molecule is COc1ccc(/C=C2/SC(=S)N(NCc3ccccc3)C2=O)cc1OC. The van der Waals surface area contributed by atoms with Crippen LogP contribution in [0.1, 0.15) is 11.1 Å². The first kappa shape index (κ1) is 18.4. The molecule has 26 heavy (non-hydrogen) atoms. The summed E-state index contributed by atoms with van der Waals surface area (Å²) in [4.78, 5) is 13.2. The number of thioether (sulfide) groups is 1. The van der Waals surface area contributed by atoms with Crippen LogP contribution in [0, 0.1) is 0 Å². The predicted octanol–water partition coefficient (Wildman–Crippen LogP) is 3.61. The molecule has 1 heterocycles. The molecule has 1 amide bonds. The molecule has 1 aliphatic heterocycles. The average Bonchev–Trinajstić information content (AvgIpc) is 2.93. The van der Waals surface area contributed by atoms with Crippen LogP contribution in [0.3, 0.4) is 0 Å². The Morgan fingerprint density at radius 2 is 1.85 bits per heavy atom. The lowest BCUT2D eigenvalue weighted by Gasteiger charge is -2.15. The van der Waals surface area contributed by atoms with Crippen molar-refractivity contribution in [3.05, 3.63) is 64.6 Å². The van der Waals surface area contributed by atoms with Gasteiger partial charge >= 0.3 is 0 Å². The molecule has 0 spiro atoms. The summed E-state index contributed by atoms with van der Waals surface area (Å²) < 4.78 is 11.0. The van der Waals surface area contributed by atoms with Gasteiger partial charge in [0.2, 0.25) is 0 Å². The molecule has 7 heteroatoms. The molecule has 5 nitrogen and oxygen atoms in total. The Kier molecular flexibility index (Phi) is 5.92. The number of hydrogen-bond donors (Lipinski definition) is 1. The summed E-state index contributed by atoms with van der Waals surface area (Å²) in [5, 5.41) is 1.42. The molecule has 0 atom stereocenters. The highest BCUT2D eigenvalue weighted by atomic mass is 32.2. The highest BCUT2D eigenvalue weighted by Gasteiger charge is 2.32. The Morgan fingerprint density at radius 1 is 1.12 bits per heavy atom. The zero-order valence-corrected chi connectivity index (χ0v) is 16.0. The monoisotopic (exact) mass is 386 g/mol. The van der Waals surface area contributed by atoms with E-state index in [0.29, 0.717) is 27.3 Å². The molecule has 1 N–H and O–H groups in total. The quantitative estimate of drug-likeness (QED) is 0.605. The summed E-state index contributed by atoms with van der Waals surface area (Å²) >= 11 is 6.60. The summed E-state index contributed by atoms with van der Waals surface area (Å²) in [6.07, 6.45) is 1.80. The molecule has 134 valence electrons. The minimum absolute atomic E-state index is 0.161. The fourth-order valence-corrected chi connectivity index (χ4v) is 3.68. The summed E-state index contributed by atoms with van der Waals surface area (Å²) in [5.41, 5.74) is 5.00. The van der Waals surface area contributed by atoms with Crippen molar-refractivity contribution in [2.75, 3.05) is 14.2 Å². The van der Waals surface area contributed by atoms with Crippen LogP contribution < -0.4 is 14.9 Å². The van der Waals surface area contributed by atoms with Crippen LogP contribution in [0.5, 0.6) is 11.5 Å². The van der Waals surface area contributed by atoms with Gasteiger partial charge in [0.25, 0.3) is 5.91 Å². The standard InChI is InChI=1S/C19H18N2O3S2/c1-23-15-9-8-14(10-16(15)24-2)11-17-18(22)21(19(25)26-17)20-12-13-6-4-3-5-7-13/h3-11,20H,12H2,1-2H3/b17-11+. The van der Waals surface area contributed by atoms with E-state index in [1.165, 1.54) is 16.8 Å². The van der Waals surface area contributed by atoms with E-state index < -0.39 is 0 Å². The van der Waals surface area contributed by atoms with Gasteiger partial charge in [-0.25, -0.2) is 10.4 Å².